The summed E-state index contributed by atoms with van der Waals surface area (Å²) in [6.45, 7) is 0.931. The van der Waals surface area contributed by atoms with Crippen molar-refractivity contribution < 1.29 is 4.79 Å². The van der Waals surface area contributed by atoms with Crippen molar-refractivity contribution in [3.8, 4) is 0 Å². The van der Waals surface area contributed by atoms with Crippen LogP contribution >= 0.6 is 11.3 Å². The summed E-state index contributed by atoms with van der Waals surface area (Å²) < 4.78 is 0. The van der Waals surface area contributed by atoms with Crippen LogP contribution in [0.15, 0.2) is 17.5 Å². The lowest BCUT2D eigenvalue weighted by Gasteiger charge is -2.23. The van der Waals surface area contributed by atoms with Crippen LogP contribution in [0.1, 0.15) is 56.0 Å². The van der Waals surface area contributed by atoms with E-state index in [4.69, 9.17) is 0 Å². The molecule has 3 nitrogen and oxygen atoms in total. The van der Waals surface area contributed by atoms with E-state index in [9.17, 15) is 4.79 Å². The van der Waals surface area contributed by atoms with Crippen molar-refractivity contribution in [3.63, 3.8) is 0 Å². The maximum atomic E-state index is 12.9. The van der Waals surface area contributed by atoms with E-state index in [1.54, 1.807) is 11.3 Å². The number of amides is 1. The summed E-state index contributed by atoms with van der Waals surface area (Å²) in [6, 6.07) is 4.25. The highest BCUT2D eigenvalue weighted by molar-refractivity contribution is 7.10. The molecule has 1 saturated heterocycles. The largest absolute Gasteiger partial charge is 0.320 e. The van der Waals surface area contributed by atoms with Crippen LogP contribution in [0.3, 0.4) is 0 Å². The summed E-state index contributed by atoms with van der Waals surface area (Å²) in [5.41, 5.74) is -0.238. The highest BCUT2D eigenvalue weighted by Crippen LogP contribution is 2.42. The fraction of sp³-hybridized carbons (Fsp3) is 0.688. The molecule has 0 aromatic carbocycles. The Morgan fingerprint density at radius 3 is 2.80 bits per heavy atom. The topological polar surface area (TPSA) is 32.3 Å². The number of nitrogens with zero attached hydrogens (tertiary/aromatic N) is 1. The van der Waals surface area contributed by atoms with E-state index in [0.717, 1.165) is 25.3 Å². The van der Waals surface area contributed by atoms with Gasteiger partial charge in [-0.1, -0.05) is 31.7 Å². The molecular weight excluding hydrogens is 268 g/mol. The Hall–Kier alpha value is -0.870. The van der Waals surface area contributed by atoms with Crippen LogP contribution in [0.25, 0.3) is 0 Å². The van der Waals surface area contributed by atoms with Gasteiger partial charge in [-0.15, -0.1) is 11.3 Å². The van der Waals surface area contributed by atoms with Gasteiger partial charge in [0.25, 0.3) is 0 Å². The first kappa shape index (κ1) is 12.8. The molecular formula is C16H22N2OS. The van der Waals surface area contributed by atoms with Crippen LogP contribution in [-0.4, -0.2) is 22.9 Å². The predicted molar refractivity (Wildman–Crippen MR) is 80.4 cm³/mol. The summed E-state index contributed by atoms with van der Waals surface area (Å²) >= 11 is 1.76. The van der Waals surface area contributed by atoms with Crippen LogP contribution < -0.4 is 5.32 Å². The number of carbonyl (C=O) groups is 1. The van der Waals surface area contributed by atoms with Crippen molar-refractivity contribution in [2.24, 2.45) is 5.92 Å². The number of rotatable bonds is 4. The highest BCUT2D eigenvalue weighted by atomic mass is 32.1. The number of carbonyl (C=O) groups excluding carboxylic acids is 1. The maximum absolute atomic E-state index is 12.9. The lowest BCUT2D eigenvalue weighted by molar-refractivity contribution is -0.133. The quantitative estimate of drug-likeness (QED) is 0.923. The van der Waals surface area contributed by atoms with Gasteiger partial charge in [-0.2, -0.15) is 0 Å². The summed E-state index contributed by atoms with van der Waals surface area (Å²) in [7, 11) is 0. The predicted octanol–water partition coefficient (Wildman–Crippen LogP) is 3.29. The first-order valence-electron chi connectivity index (χ1n) is 7.91. The monoisotopic (exact) mass is 290 g/mol. The van der Waals surface area contributed by atoms with Crippen LogP contribution in [0.2, 0.25) is 0 Å². The van der Waals surface area contributed by atoms with Crippen LogP contribution in [0.4, 0.5) is 0 Å². The van der Waals surface area contributed by atoms with Gasteiger partial charge in [-0.25, -0.2) is 0 Å². The van der Waals surface area contributed by atoms with Crippen molar-refractivity contribution in [3.05, 3.63) is 22.4 Å². The van der Waals surface area contributed by atoms with E-state index in [0.29, 0.717) is 5.91 Å². The van der Waals surface area contributed by atoms with E-state index >= 15 is 0 Å². The number of nitrogens with one attached hydrogen (secondary N) is 1. The first-order chi connectivity index (χ1) is 9.78. The third-order valence-corrected chi connectivity index (χ3v) is 6.06. The minimum atomic E-state index is -0.238. The van der Waals surface area contributed by atoms with E-state index in [1.807, 2.05) is 0 Å². The van der Waals surface area contributed by atoms with E-state index in [-0.39, 0.29) is 11.7 Å². The minimum absolute atomic E-state index is 0.124. The van der Waals surface area contributed by atoms with Crippen LogP contribution in [0.5, 0.6) is 0 Å². The number of hydrogen-bond donors (Lipinski definition) is 1. The zero-order chi connectivity index (χ0) is 13.6. The fourth-order valence-electron chi connectivity index (χ4n) is 3.76. The fourth-order valence-corrected chi connectivity index (χ4v) is 4.55. The van der Waals surface area contributed by atoms with E-state index < -0.39 is 0 Å². The molecule has 4 rings (SSSR count). The molecule has 1 aliphatic heterocycles. The standard InChI is InChI=1S/C16H22N2OS/c19-15-16(8-1-2-9-16)17-14(13-4-3-11-20-13)18(15)10-7-12-5-6-12/h3-4,11-12,14,17H,1-2,5-10H2. The summed E-state index contributed by atoms with van der Waals surface area (Å²) in [4.78, 5) is 16.4. The second-order valence-corrected chi connectivity index (χ2v) is 7.56. The molecule has 108 valence electrons. The molecule has 1 amide bonds. The van der Waals surface area contributed by atoms with Gasteiger partial charge in [-0.05, 0) is 36.6 Å². The van der Waals surface area contributed by atoms with Crippen molar-refractivity contribution >= 4 is 17.2 Å². The van der Waals surface area contributed by atoms with E-state index in [2.05, 4.69) is 27.7 Å². The molecule has 1 spiro atoms. The number of hydrogen-bond acceptors (Lipinski definition) is 3. The lowest BCUT2D eigenvalue weighted by Crippen LogP contribution is -2.44. The second-order valence-electron chi connectivity index (χ2n) is 6.58. The summed E-state index contributed by atoms with van der Waals surface area (Å²) in [5.74, 6) is 1.25. The molecule has 1 aromatic rings. The minimum Gasteiger partial charge on any atom is -0.320 e. The molecule has 20 heavy (non-hydrogen) atoms. The number of thiophene rings is 1. The normalized spacial score (nSPS) is 28.7. The molecule has 2 saturated carbocycles. The van der Waals surface area contributed by atoms with Gasteiger partial charge in [0.05, 0.1) is 5.54 Å². The van der Waals surface area contributed by atoms with Gasteiger partial charge in [0.1, 0.15) is 6.17 Å². The molecule has 0 bridgehead atoms. The van der Waals surface area contributed by atoms with Crippen LogP contribution in [-0.2, 0) is 4.79 Å². The zero-order valence-corrected chi connectivity index (χ0v) is 12.6. The van der Waals surface area contributed by atoms with Crippen molar-refractivity contribution in [2.75, 3.05) is 6.54 Å². The average Bonchev–Trinajstić information content (AvgIpc) is 2.91. The molecule has 1 aromatic heterocycles. The smallest absolute Gasteiger partial charge is 0.244 e. The van der Waals surface area contributed by atoms with Gasteiger partial charge in [0.15, 0.2) is 0 Å². The Morgan fingerprint density at radius 2 is 2.15 bits per heavy atom. The van der Waals surface area contributed by atoms with Crippen molar-refractivity contribution in [2.45, 2.75) is 56.7 Å². The Labute approximate surface area is 124 Å². The van der Waals surface area contributed by atoms with Crippen LogP contribution in [0, 0.1) is 5.92 Å². The summed E-state index contributed by atoms with van der Waals surface area (Å²) in [6.07, 6.45) is 8.46. The summed E-state index contributed by atoms with van der Waals surface area (Å²) in [5, 5.41) is 5.81. The molecule has 3 fully saturated rings. The lowest BCUT2D eigenvalue weighted by atomic mass is 9.98. The Morgan fingerprint density at radius 1 is 1.35 bits per heavy atom. The molecule has 4 heteroatoms. The van der Waals surface area contributed by atoms with Gasteiger partial charge in [-0.3, -0.25) is 10.1 Å². The third kappa shape index (κ3) is 2.09. The molecule has 2 aliphatic carbocycles. The van der Waals surface area contributed by atoms with Gasteiger partial charge in [0, 0.05) is 11.4 Å². The first-order valence-corrected chi connectivity index (χ1v) is 8.79. The molecule has 1 N–H and O–H groups in total. The third-order valence-electron chi connectivity index (χ3n) is 5.14. The highest BCUT2D eigenvalue weighted by Gasteiger charge is 2.52. The van der Waals surface area contributed by atoms with E-state index in [1.165, 1.54) is 37.0 Å². The molecule has 3 aliphatic rings. The average molecular weight is 290 g/mol. The van der Waals surface area contributed by atoms with Crippen molar-refractivity contribution in [1.82, 2.24) is 10.2 Å². The second kappa shape index (κ2) is 4.85. The van der Waals surface area contributed by atoms with Gasteiger partial charge >= 0.3 is 0 Å². The Bertz CT molecular complexity index is 489. The molecule has 1 atom stereocenters. The molecule has 2 heterocycles. The molecule has 0 radical (unpaired) electrons. The van der Waals surface area contributed by atoms with Gasteiger partial charge in [0.2, 0.25) is 5.91 Å². The Balaban J connectivity index is 1.58. The maximum Gasteiger partial charge on any atom is 0.244 e. The van der Waals surface area contributed by atoms with Gasteiger partial charge < -0.3 is 4.90 Å². The zero-order valence-electron chi connectivity index (χ0n) is 11.8. The van der Waals surface area contributed by atoms with Crippen molar-refractivity contribution in [1.29, 1.82) is 0 Å². The Kier molecular flexibility index (Phi) is 3.11. The SMILES string of the molecule is O=C1N(CCC2CC2)C(c2cccs2)NC12CCCC2. The molecule has 1 unspecified atom stereocenters.